The number of benzene rings is 3. The Morgan fingerprint density at radius 3 is 1.97 bits per heavy atom. The highest BCUT2D eigenvalue weighted by molar-refractivity contribution is 7.95. The van der Waals surface area contributed by atoms with Gasteiger partial charge in [0, 0.05) is 4.70 Å². The third-order valence-corrected chi connectivity index (χ3v) is 9.43. The van der Waals surface area contributed by atoms with E-state index in [4.69, 9.17) is 11.6 Å². The van der Waals surface area contributed by atoms with Gasteiger partial charge in [-0.15, -0.1) is 11.3 Å². The molecule has 0 spiro atoms. The average Bonchev–Trinajstić information content (AvgIpc) is 3.19. The molecule has 178 valence electrons. The van der Waals surface area contributed by atoms with E-state index >= 15 is 0 Å². The van der Waals surface area contributed by atoms with Crippen LogP contribution >= 0.6 is 22.9 Å². The molecule has 2 N–H and O–H groups in total. The SMILES string of the molecule is O=S(=O)(Nc1ccccc1NS(=O)(=O)c1cc(C(F)(F)F)ccc1Cl)c1cc2ccccc2s1. The Kier molecular flexibility index (Phi) is 6.27. The van der Waals surface area contributed by atoms with Crippen LogP contribution in [0.4, 0.5) is 24.5 Å². The lowest BCUT2D eigenvalue weighted by Crippen LogP contribution is -2.18. The first-order chi connectivity index (χ1) is 15.9. The fraction of sp³-hybridized carbons (Fsp3) is 0.0476. The van der Waals surface area contributed by atoms with Gasteiger partial charge in [-0.1, -0.05) is 41.9 Å². The molecule has 0 amide bonds. The maximum Gasteiger partial charge on any atom is 0.416 e. The van der Waals surface area contributed by atoms with Gasteiger partial charge in [-0.25, -0.2) is 16.8 Å². The van der Waals surface area contributed by atoms with Crippen molar-refractivity contribution in [1.29, 1.82) is 0 Å². The summed E-state index contributed by atoms with van der Waals surface area (Å²) < 4.78 is 96.0. The van der Waals surface area contributed by atoms with Crippen LogP contribution in [0, 0.1) is 0 Å². The van der Waals surface area contributed by atoms with Crippen molar-refractivity contribution in [3.8, 4) is 0 Å². The zero-order valence-electron chi connectivity index (χ0n) is 16.8. The lowest BCUT2D eigenvalue weighted by Gasteiger charge is -2.15. The van der Waals surface area contributed by atoms with Crippen molar-refractivity contribution in [1.82, 2.24) is 0 Å². The number of hydrogen-bond acceptors (Lipinski definition) is 5. The number of thiophene rings is 1. The number of anilines is 2. The van der Waals surface area contributed by atoms with Gasteiger partial charge >= 0.3 is 6.18 Å². The quantitative estimate of drug-likeness (QED) is 0.302. The first-order valence-electron chi connectivity index (χ1n) is 9.37. The number of nitrogens with one attached hydrogen (secondary N) is 2. The van der Waals surface area contributed by atoms with E-state index in [2.05, 4.69) is 9.44 Å². The minimum atomic E-state index is -4.79. The van der Waals surface area contributed by atoms with Crippen LogP contribution in [0.2, 0.25) is 5.02 Å². The molecule has 0 aliphatic carbocycles. The summed E-state index contributed by atoms with van der Waals surface area (Å²) in [5.41, 5.74) is -1.51. The molecule has 3 aromatic carbocycles. The van der Waals surface area contributed by atoms with Crippen LogP contribution in [0.5, 0.6) is 0 Å². The first kappa shape index (κ1) is 24.3. The molecular formula is C21H14ClF3N2O4S3. The summed E-state index contributed by atoms with van der Waals surface area (Å²) in [5.74, 6) is 0. The number of hydrogen-bond donors (Lipinski definition) is 2. The fourth-order valence-corrected chi connectivity index (χ4v) is 7.12. The number of halogens is 4. The number of para-hydroxylation sites is 2. The normalized spacial score (nSPS) is 12.6. The van der Waals surface area contributed by atoms with E-state index in [0.29, 0.717) is 12.1 Å². The molecular weight excluding hydrogens is 533 g/mol. The molecule has 0 saturated heterocycles. The smallest absolute Gasteiger partial charge is 0.277 e. The highest BCUT2D eigenvalue weighted by Gasteiger charge is 2.33. The monoisotopic (exact) mass is 546 g/mol. The van der Waals surface area contributed by atoms with E-state index in [1.165, 1.54) is 30.3 Å². The van der Waals surface area contributed by atoms with Gasteiger partial charge in [-0.05, 0) is 47.9 Å². The van der Waals surface area contributed by atoms with Crippen LogP contribution in [-0.2, 0) is 26.2 Å². The molecule has 0 aliphatic rings. The van der Waals surface area contributed by atoms with Gasteiger partial charge in [-0.3, -0.25) is 9.44 Å². The maximum absolute atomic E-state index is 13.1. The van der Waals surface area contributed by atoms with Crippen molar-refractivity contribution >= 4 is 64.4 Å². The van der Waals surface area contributed by atoms with Crippen molar-refractivity contribution in [2.75, 3.05) is 9.44 Å². The van der Waals surface area contributed by atoms with Crippen molar-refractivity contribution in [2.45, 2.75) is 15.3 Å². The predicted molar refractivity (Wildman–Crippen MR) is 126 cm³/mol. The largest absolute Gasteiger partial charge is 0.416 e. The Labute approximate surface area is 202 Å². The zero-order valence-corrected chi connectivity index (χ0v) is 20.0. The third-order valence-electron chi connectivity index (χ3n) is 4.63. The Morgan fingerprint density at radius 1 is 0.765 bits per heavy atom. The lowest BCUT2D eigenvalue weighted by atomic mass is 10.2. The molecule has 4 aromatic rings. The van der Waals surface area contributed by atoms with E-state index < -0.39 is 41.7 Å². The van der Waals surface area contributed by atoms with E-state index in [9.17, 15) is 30.0 Å². The predicted octanol–water partition coefficient (Wildman–Crippen LogP) is 6.18. The topological polar surface area (TPSA) is 92.3 Å². The standard InChI is InChI=1S/C21H14ClF3N2O4S3/c22-15-10-9-14(21(23,24)25)12-19(15)33(28,29)26-16-6-2-3-7-17(16)27-34(30,31)20-11-13-5-1-4-8-18(13)32-20/h1-12,26-27H. The Bertz CT molecular complexity index is 1570. The average molecular weight is 547 g/mol. The second-order valence-electron chi connectivity index (χ2n) is 7.00. The van der Waals surface area contributed by atoms with Gasteiger partial charge in [0.25, 0.3) is 20.0 Å². The van der Waals surface area contributed by atoms with Gasteiger partial charge in [-0.2, -0.15) is 13.2 Å². The summed E-state index contributed by atoms with van der Waals surface area (Å²) in [7, 11) is -8.70. The highest BCUT2D eigenvalue weighted by atomic mass is 35.5. The van der Waals surface area contributed by atoms with Gasteiger partial charge < -0.3 is 0 Å². The minimum absolute atomic E-state index is 0.00674. The van der Waals surface area contributed by atoms with Crippen LogP contribution in [0.15, 0.2) is 81.9 Å². The van der Waals surface area contributed by atoms with E-state index in [1.807, 2.05) is 0 Å². The summed E-state index contributed by atoms with van der Waals surface area (Å²) in [6.07, 6.45) is -4.79. The fourth-order valence-electron chi connectivity index (χ4n) is 3.03. The number of sulfonamides is 2. The number of rotatable bonds is 6. The van der Waals surface area contributed by atoms with Crippen LogP contribution in [-0.4, -0.2) is 16.8 Å². The molecule has 34 heavy (non-hydrogen) atoms. The maximum atomic E-state index is 13.1. The second kappa shape index (κ2) is 8.77. The summed E-state index contributed by atoms with van der Waals surface area (Å²) >= 11 is 6.90. The van der Waals surface area contributed by atoms with Gasteiger partial charge in [0.1, 0.15) is 9.10 Å². The van der Waals surface area contributed by atoms with Gasteiger partial charge in [0.05, 0.1) is 22.0 Å². The molecule has 1 aromatic heterocycles. The van der Waals surface area contributed by atoms with Crippen molar-refractivity contribution < 1.29 is 30.0 Å². The van der Waals surface area contributed by atoms with Crippen LogP contribution < -0.4 is 9.44 Å². The van der Waals surface area contributed by atoms with E-state index in [-0.39, 0.29) is 15.6 Å². The molecule has 4 rings (SSSR count). The Morgan fingerprint density at radius 2 is 1.35 bits per heavy atom. The summed E-state index contributed by atoms with van der Waals surface area (Å²) in [4.78, 5) is -0.800. The first-order valence-corrected chi connectivity index (χ1v) is 13.5. The molecule has 0 radical (unpaired) electrons. The highest BCUT2D eigenvalue weighted by Crippen LogP contribution is 2.35. The van der Waals surface area contributed by atoms with E-state index in [1.54, 1.807) is 24.3 Å². The molecule has 0 unspecified atom stereocenters. The molecule has 0 saturated carbocycles. The number of alkyl halides is 3. The molecule has 13 heteroatoms. The van der Waals surface area contributed by atoms with Crippen LogP contribution in [0.25, 0.3) is 10.1 Å². The minimum Gasteiger partial charge on any atom is -0.277 e. The van der Waals surface area contributed by atoms with Crippen LogP contribution in [0.1, 0.15) is 5.56 Å². The molecule has 0 bridgehead atoms. The van der Waals surface area contributed by atoms with Crippen molar-refractivity contribution in [3.63, 3.8) is 0 Å². The summed E-state index contributed by atoms with van der Waals surface area (Å²) in [5, 5.41) is 0.296. The number of fused-ring (bicyclic) bond motifs is 1. The molecule has 0 aliphatic heterocycles. The summed E-state index contributed by atoms with van der Waals surface area (Å²) in [6.45, 7) is 0. The molecule has 0 atom stereocenters. The van der Waals surface area contributed by atoms with Gasteiger partial charge in [0.2, 0.25) is 0 Å². The summed E-state index contributed by atoms with van der Waals surface area (Å²) in [6, 6.07) is 15.9. The van der Waals surface area contributed by atoms with Crippen molar-refractivity contribution in [3.05, 3.63) is 83.4 Å². The molecule has 6 nitrogen and oxygen atoms in total. The lowest BCUT2D eigenvalue weighted by molar-refractivity contribution is -0.137. The van der Waals surface area contributed by atoms with Crippen molar-refractivity contribution in [2.24, 2.45) is 0 Å². The second-order valence-corrected chi connectivity index (χ2v) is 12.1. The van der Waals surface area contributed by atoms with E-state index in [0.717, 1.165) is 27.5 Å². The Hall–Kier alpha value is -2.80. The zero-order chi connectivity index (χ0) is 24.7. The third kappa shape index (κ3) is 4.99. The van der Waals surface area contributed by atoms with Gasteiger partial charge in [0.15, 0.2) is 0 Å². The Balaban J connectivity index is 1.68. The molecule has 0 fully saturated rings. The van der Waals surface area contributed by atoms with Crippen LogP contribution in [0.3, 0.4) is 0 Å². The molecule has 1 heterocycles.